The lowest BCUT2D eigenvalue weighted by Gasteiger charge is -2.01. The second-order valence-corrected chi connectivity index (χ2v) is 3.66. The Labute approximate surface area is 96.3 Å². The van der Waals surface area contributed by atoms with Crippen molar-refractivity contribution in [1.29, 1.82) is 0 Å². The Morgan fingerprint density at radius 1 is 0.933 bits per heavy atom. The van der Waals surface area contributed by atoms with Crippen LogP contribution in [0, 0.1) is 0 Å². The van der Waals surface area contributed by atoms with E-state index < -0.39 is 0 Å². The molecule has 0 spiro atoms. The number of hydrogen-bond donors (Lipinski definition) is 1. The normalized spacial score (nSPS) is 10.3. The molecule has 15 heavy (non-hydrogen) atoms. The summed E-state index contributed by atoms with van der Waals surface area (Å²) < 4.78 is 0. The number of phenols is 1. The summed E-state index contributed by atoms with van der Waals surface area (Å²) in [5, 5.41) is 9.70. The van der Waals surface area contributed by atoms with Crippen molar-refractivity contribution in [3.63, 3.8) is 0 Å². The molecular formula is C10H6Cl2N2O. The monoisotopic (exact) mass is 240 g/mol. The van der Waals surface area contributed by atoms with Gasteiger partial charge in [-0.3, -0.25) is 0 Å². The molecular weight excluding hydrogens is 235 g/mol. The van der Waals surface area contributed by atoms with Gasteiger partial charge in [-0.25, -0.2) is 9.97 Å². The summed E-state index contributed by atoms with van der Waals surface area (Å²) in [6.07, 6.45) is 0. The lowest BCUT2D eigenvalue weighted by atomic mass is 10.2. The van der Waals surface area contributed by atoms with Crippen LogP contribution in [0.5, 0.6) is 5.75 Å². The summed E-state index contributed by atoms with van der Waals surface area (Å²) in [4.78, 5) is 8.04. The van der Waals surface area contributed by atoms with Crippen molar-refractivity contribution in [2.75, 3.05) is 0 Å². The van der Waals surface area contributed by atoms with Gasteiger partial charge in [0.1, 0.15) is 16.1 Å². The van der Waals surface area contributed by atoms with E-state index in [4.69, 9.17) is 28.3 Å². The van der Waals surface area contributed by atoms with Crippen LogP contribution in [-0.2, 0) is 0 Å². The maximum absolute atomic E-state index is 9.12. The van der Waals surface area contributed by atoms with Crippen molar-refractivity contribution in [2.24, 2.45) is 0 Å². The van der Waals surface area contributed by atoms with E-state index in [0.29, 0.717) is 5.82 Å². The van der Waals surface area contributed by atoms with Gasteiger partial charge in [0.2, 0.25) is 0 Å². The smallest absolute Gasteiger partial charge is 0.162 e. The third-order valence-electron chi connectivity index (χ3n) is 1.79. The summed E-state index contributed by atoms with van der Waals surface area (Å²) in [5.41, 5.74) is 0.747. The third-order valence-corrected chi connectivity index (χ3v) is 2.18. The first-order valence-electron chi connectivity index (χ1n) is 4.14. The number of benzene rings is 1. The SMILES string of the molecule is Oc1ccc(-c2nc(Cl)cc(Cl)n2)cc1. The van der Waals surface area contributed by atoms with Crippen molar-refractivity contribution in [3.05, 3.63) is 40.6 Å². The number of hydrogen-bond acceptors (Lipinski definition) is 3. The predicted octanol–water partition coefficient (Wildman–Crippen LogP) is 3.16. The van der Waals surface area contributed by atoms with Gasteiger partial charge < -0.3 is 5.11 Å². The molecule has 0 aliphatic heterocycles. The molecule has 0 fully saturated rings. The average molecular weight is 241 g/mol. The number of aromatic hydroxyl groups is 1. The Balaban J connectivity index is 2.49. The molecule has 2 rings (SSSR count). The Hall–Kier alpha value is -1.32. The van der Waals surface area contributed by atoms with Crippen molar-refractivity contribution >= 4 is 23.2 Å². The Kier molecular flexibility index (Phi) is 2.75. The first-order chi connectivity index (χ1) is 7.15. The molecule has 0 saturated carbocycles. The van der Waals surface area contributed by atoms with Crippen molar-refractivity contribution in [3.8, 4) is 17.1 Å². The zero-order valence-electron chi connectivity index (χ0n) is 7.48. The molecule has 0 unspecified atom stereocenters. The van der Waals surface area contributed by atoms with Crippen LogP contribution in [-0.4, -0.2) is 15.1 Å². The minimum atomic E-state index is 0.187. The second kappa shape index (κ2) is 4.04. The molecule has 0 radical (unpaired) electrons. The van der Waals surface area contributed by atoms with Crippen LogP contribution in [0.1, 0.15) is 0 Å². The van der Waals surface area contributed by atoms with Gasteiger partial charge in [-0.15, -0.1) is 0 Å². The van der Waals surface area contributed by atoms with Crippen molar-refractivity contribution in [2.45, 2.75) is 0 Å². The molecule has 76 valence electrons. The van der Waals surface area contributed by atoms with E-state index in [1.54, 1.807) is 24.3 Å². The molecule has 1 aromatic carbocycles. The number of halogens is 2. The molecule has 0 amide bonds. The third kappa shape index (κ3) is 2.37. The van der Waals surface area contributed by atoms with Gasteiger partial charge in [0.15, 0.2) is 5.82 Å². The molecule has 0 atom stereocenters. The topological polar surface area (TPSA) is 46.0 Å². The quantitative estimate of drug-likeness (QED) is 0.780. The van der Waals surface area contributed by atoms with Gasteiger partial charge in [0.05, 0.1) is 0 Å². The molecule has 1 N–H and O–H groups in total. The molecule has 1 aromatic heterocycles. The highest BCUT2D eigenvalue weighted by molar-refractivity contribution is 6.33. The first-order valence-corrected chi connectivity index (χ1v) is 4.90. The lowest BCUT2D eigenvalue weighted by molar-refractivity contribution is 0.475. The van der Waals surface area contributed by atoms with Gasteiger partial charge in [0, 0.05) is 11.6 Å². The van der Waals surface area contributed by atoms with Gasteiger partial charge in [-0.2, -0.15) is 0 Å². The largest absolute Gasteiger partial charge is 0.508 e. The number of rotatable bonds is 1. The van der Waals surface area contributed by atoms with Crippen molar-refractivity contribution in [1.82, 2.24) is 9.97 Å². The van der Waals surface area contributed by atoms with Crippen LogP contribution in [0.2, 0.25) is 10.3 Å². The Bertz CT molecular complexity index is 465. The predicted molar refractivity (Wildman–Crippen MR) is 59.2 cm³/mol. The van der Waals surface area contributed by atoms with Gasteiger partial charge in [-0.05, 0) is 24.3 Å². The molecule has 2 aromatic rings. The molecule has 0 bridgehead atoms. The van der Waals surface area contributed by atoms with E-state index in [2.05, 4.69) is 9.97 Å². The molecule has 3 nitrogen and oxygen atoms in total. The second-order valence-electron chi connectivity index (χ2n) is 2.88. The van der Waals surface area contributed by atoms with E-state index in [9.17, 15) is 0 Å². The minimum Gasteiger partial charge on any atom is -0.508 e. The van der Waals surface area contributed by atoms with E-state index in [1.807, 2.05) is 0 Å². The fourth-order valence-corrected chi connectivity index (χ4v) is 1.55. The van der Waals surface area contributed by atoms with Gasteiger partial charge in [-0.1, -0.05) is 23.2 Å². The van der Waals surface area contributed by atoms with Gasteiger partial charge in [0.25, 0.3) is 0 Å². The van der Waals surface area contributed by atoms with E-state index in [1.165, 1.54) is 6.07 Å². The minimum absolute atomic E-state index is 0.187. The number of nitrogens with zero attached hydrogens (tertiary/aromatic N) is 2. The molecule has 5 heteroatoms. The summed E-state index contributed by atoms with van der Waals surface area (Å²) >= 11 is 11.5. The maximum Gasteiger partial charge on any atom is 0.162 e. The zero-order chi connectivity index (χ0) is 10.8. The summed E-state index contributed by atoms with van der Waals surface area (Å²) in [5.74, 6) is 0.624. The molecule has 0 aliphatic rings. The Morgan fingerprint density at radius 3 is 2.00 bits per heavy atom. The highest BCUT2D eigenvalue weighted by Gasteiger charge is 2.04. The fraction of sp³-hybridized carbons (Fsp3) is 0. The summed E-state index contributed by atoms with van der Waals surface area (Å²) in [7, 11) is 0. The number of aromatic nitrogens is 2. The fourth-order valence-electron chi connectivity index (χ4n) is 1.13. The van der Waals surface area contributed by atoms with Crippen molar-refractivity contribution < 1.29 is 5.11 Å². The van der Waals surface area contributed by atoms with Crippen LogP contribution in [0.15, 0.2) is 30.3 Å². The summed E-state index contributed by atoms with van der Waals surface area (Å²) in [6.45, 7) is 0. The van der Waals surface area contributed by atoms with Crippen LogP contribution in [0.4, 0.5) is 0 Å². The van der Waals surface area contributed by atoms with E-state index in [0.717, 1.165) is 5.56 Å². The van der Waals surface area contributed by atoms with Crippen LogP contribution in [0.3, 0.4) is 0 Å². The standard InChI is InChI=1S/C10H6Cl2N2O/c11-8-5-9(12)14-10(13-8)6-1-3-7(15)4-2-6/h1-5,15H. The highest BCUT2D eigenvalue weighted by atomic mass is 35.5. The first kappa shape index (κ1) is 10.2. The lowest BCUT2D eigenvalue weighted by Crippen LogP contribution is -1.89. The maximum atomic E-state index is 9.12. The molecule has 1 heterocycles. The van der Waals surface area contributed by atoms with Crippen LogP contribution < -0.4 is 0 Å². The zero-order valence-corrected chi connectivity index (χ0v) is 9.00. The molecule has 0 aliphatic carbocycles. The molecule has 0 saturated heterocycles. The average Bonchev–Trinajstić information content (AvgIpc) is 2.17. The Morgan fingerprint density at radius 2 is 1.47 bits per heavy atom. The van der Waals surface area contributed by atoms with E-state index in [-0.39, 0.29) is 16.1 Å². The van der Waals surface area contributed by atoms with Crippen LogP contribution in [0.25, 0.3) is 11.4 Å². The number of phenolic OH excluding ortho intramolecular Hbond substituents is 1. The van der Waals surface area contributed by atoms with Gasteiger partial charge >= 0.3 is 0 Å². The van der Waals surface area contributed by atoms with Crippen LogP contribution >= 0.6 is 23.2 Å². The highest BCUT2D eigenvalue weighted by Crippen LogP contribution is 2.21. The van der Waals surface area contributed by atoms with E-state index >= 15 is 0 Å². The summed E-state index contributed by atoms with van der Waals surface area (Å²) in [6, 6.07) is 7.95.